The molecule has 0 amide bonds. The number of rotatable bonds is 5. The summed E-state index contributed by atoms with van der Waals surface area (Å²) in [4.78, 5) is 0. The minimum Gasteiger partial charge on any atom is -0.497 e. The van der Waals surface area contributed by atoms with E-state index in [1.807, 2.05) is 52.0 Å². The van der Waals surface area contributed by atoms with E-state index in [1.165, 1.54) is 0 Å². The van der Waals surface area contributed by atoms with Crippen molar-refractivity contribution in [2.45, 2.75) is 27.7 Å². The molecule has 0 spiro atoms. The molecule has 0 radical (unpaired) electrons. The largest absolute Gasteiger partial charge is 0.497 e. The van der Waals surface area contributed by atoms with E-state index in [2.05, 4.69) is 12.1 Å². The molecule has 0 aliphatic rings. The van der Waals surface area contributed by atoms with Crippen molar-refractivity contribution in [1.82, 2.24) is 0 Å². The number of aryl methyl sites for hydroxylation is 2. The van der Waals surface area contributed by atoms with E-state index in [0.29, 0.717) is 13.2 Å². The zero-order chi connectivity index (χ0) is 23.2. The minimum atomic E-state index is -4.94. The second kappa shape index (κ2) is 10.6. The molecule has 31 heavy (non-hydrogen) atoms. The lowest BCUT2D eigenvalue weighted by Gasteiger charge is -2.17. The molecular formula is C22H25ClO8. The van der Waals surface area contributed by atoms with Gasteiger partial charge in [0.05, 0.1) is 25.2 Å². The van der Waals surface area contributed by atoms with Crippen molar-refractivity contribution in [1.29, 1.82) is 0 Å². The average molecular weight is 453 g/mol. The normalized spacial score (nSPS) is 11.8. The first kappa shape index (κ1) is 24.6. The van der Waals surface area contributed by atoms with Crippen LogP contribution >= 0.6 is 0 Å². The molecule has 0 N–H and O–H groups in total. The Labute approximate surface area is 182 Å². The van der Waals surface area contributed by atoms with Gasteiger partial charge in [0.15, 0.2) is 0 Å². The van der Waals surface area contributed by atoms with E-state index in [9.17, 15) is 0 Å². The van der Waals surface area contributed by atoms with Crippen molar-refractivity contribution < 1.29 is 42.8 Å². The lowest BCUT2D eigenvalue weighted by atomic mass is 10.1. The first-order chi connectivity index (χ1) is 14.6. The van der Waals surface area contributed by atoms with E-state index >= 15 is 0 Å². The standard InChI is InChI=1S/C22H25O4.ClHO4/c1-6-24-19-12-17(16-8-10-18(23-5)11-9-16)13-20(25-7-2)22-15(4)26-14(3)21(19)22;2-1(3,4)5/h8-13H,6-7H2,1-5H3;(H,2,3,4,5)/q+1;/p-1. The monoisotopic (exact) mass is 452 g/mol. The summed E-state index contributed by atoms with van der Waals surface area (Å²) in [5.41, 5.74) is 2.89. The predicted molar refractivity (Wildman–Crippen MR) is 106 cm³/mol. The third kappa shape index (κ3) is 6.68. The van der Waals surface area contributed by atoms with Gasteiger partial charge in [0.25, 0.3) is 6.61 Å². The van der Waals surface area contributed by atoms with Crippen LogP contribution < -0.4 is 33.5 Å². The first-order valence-electron chi connectivity index (χ1n) is 9.51. The molecule has 8 nitrogen and oxygen atoms in total. The Hall–Kier alpha value is -2.62. The fraction of sp³-hybridized carbons (Fsp3) is 0.318. The Morgan fingerprint density at radius 3 is 2.00 bits per heavy atom. The number of methoxy groups -OCH3 is 1. The average Bonchev–Trinajstić information content (AvgIpc) is 2.88. The maximum Gasteiger partial charge on any atom is 0.355 e. The van der Waals surface area contributed by atoms with Crippen LogP contribution in [-0.4, -0.2) is 20.3 Å². The molecule has 0 aliphatic carbocycles. The van der Waals surface area contributed by atoms with Crippen molar-refractivity contribution in [2.24, 2.45) is 0 Å². The van der Waals surface area contributed by atoms with E-state index in [4.69, 9.17) is 37.0 Å². The summed E-state index contributed by atoms with van der Waals surface area (Å²) in [6.45, 7) is 9.04. The van der Waals surface area contributed by atoms with Crippen molar-refractivity contribution in [3.63, 3.8) is 0 Å². The van der Waals surface area contributed by atoms with Gasteiger partial charge in [-0.3, -0.25) is 4.42 Å². The molecule has 2 aromatic carbocycles. The lowest BCUT2D eigenvalue weighted by molar-refractivity contribution is -2.00. The van der Waals surface area contributed by atoms with Gasteiger partial charge in [0.1, 0.15) is 28.4 Å². The Bertz CT molecular complexity index is 1080. The second-order valence-corrected chi connectivity index (χ2v) is 7.17. The molecule has 0 fully saturated rings. The number of fused-ring (bicyclic) bond motifs is 1. The Morgan fingerprint density at radius 2 is 1.48 bits per heavy atom. The molecule has 0 aliphatic heterocycles. The number of hydrogen-bond donors (Lipinski definition) is 0. The molecule has 0 unspecified atom stereocenters. The molecular weight excluding hydrogens is 428 g/mol. The van der Waals surface area contributed by atoms with Crippen molar-refractivity contribution in [2.75, 3.05) is 20.3 Å². The van der Waals surface area contributed by atoms with Crippen LogP contribution in [0.25, 0.3) is 21.9 Å². The number of halogens is 1. The summed E-state index contributed by atoms with van der Waals surface area (Å²) in [7, 11) is -3.28. The fourth-order valence-corrected chi connectivity index (χ4v) is 3.23. The third-order valence-corrected chi connectivity index (χ3v) is 4.35. The van der Waals surface area contributed by atoms with Crippen LogP contribution in [0.2, 0.25) is 0 Å². The van der Waals surface area contributed by atoms with Gasteiger partial charge in [-0.15, -0.1) is 10.2 Å². The molecule has 0 saturated carbocycles. The van der Waals surface area contributed by atoms with Crippen LogP contribution in [0.5, 0.6) is 11.5 Å². The van der Waals surface area contributed by atoms with Crippen molar-refractivity contribution in [3.05, 3.63) is 57.8 Å². The third-order valence-electron chi connectivity index (χ3n) is 4.35. The van der Waals surface area contributed by atoms with Crippen LogP contribution in [-0.2, 0) is 0 Å². The molecule has 3 aromatic rings. The summed E-state index contributed by atoms with van der Waals surface area (Å²) in [6, 6.07) is 12.1. The molecule has 168 valence electrons. The number of ether oxygens (including phenoxy) is 2. The molecule has 0 saturated heterocycles. The second-order valence-electron chi connectivity index (χ2n) is 6.41. The highest BCUT2D eigenvalue weighted by molar-refractivity contribution is 5.93. The fourth-order valence-electron chi connectivity index (χ4n) is 3.23. The van der Waals surface area contributed by atoms with Gasteiger partial charge in [-0.2, -0.15) is 0 Å². The van der Waals surface area contributed by atoms with Crippen LogP contribution in [0.4, 0.5) is 0 Å². The van der Waals surface area contributed by atoms with Gasteiger partial charge in [-0.1, -0.05) is 12.1 Å². The van der Waals surface area contributed by atoms with Gasteiger partial charge in [0.2, 0.25) is 0 Å². The smallest absolute Gasteiger partial charge is 0.355 e. The molecule has 1 heterocycles. The van der Waals surface area contributed by atoms with Crippen LogP contribution in [0, 0.1) is 24.1 Å². The zero-order valence-corrected chi connectivity index (χ0v) is 18.8. The Balaban J connectivity index is 0.000000614. The van der Waals surface area contributed by atoms with E-state index < -0.39 is 10.2 Å². The Kier molecular flexibility index (Phi) is 8.43. The highest BCUT2D eigenvalue weighted by Crippen LogP contribution is 2.33. The maximum atomic E-state index is 8.49. The lowest BCUT2D eigenvalue weighted by Crippen LogP contribution is -2.68. The number of benzene rings is 1. The van der Waals surface area contributed by atoms with Gasteiger partial charge < -0.3 is 13.9 Å². The molecule has 0 bridgehead atoms. The maximum absolute atomic E-state index is 8.49. The molecule has 3 rings (SSSR count). The summed E-state index contributed by atoms with van der Waals surface area (Å²) in [5, 5.41) is 1.93. The molecule has 0 atom stereocenters. The quantitative estimate of drug-likeness (QED) is 0.507. The summed E-state index contributed by atoms with van der Waals surface area (Å²) in [5.74, 6) is 3.29. The Morgan fingerprint density at radius 1 is 0.903 bits per heavy atom. The van der Waals surface area contributed by atoms with Crippen LogP contribution in [0.15, 0.2) is 45.2 Å². The zero-order valence-electron chi connectivity index (χ0n) is 18.0. The van der Waals surface area contributed by atoms with Gasteiger partial charge in [-0.25, -0.2) is 18.6 Å². The van der Waals surface area contributed by atoms with Gasteiger partial charge in [0, 0.05) is 6.92 Å². The minimum absolute atomic E-state index is 0.578. The first-order valence-corrected chi connectivity index (χ1v) is 10.7. The van der Waals surface area contributed by atoms with Crippen molar-refractivity contribution >= 4 is 10.8 Å². The highest BCUT2D eigenvalue weighted by Gasteiger charge is 2.19. The topological polar surface area (TPSA) is 135 Å². The predicted octanol–water partition coefficient (Wildman–Crippen LogP) is 0.284. The van der Waals surface area contributed by atoms with Gasteiger partial charge >= 0.3 is 5.43 Å². The van der Waals surface area contributed by atoms with Crippen LogP contribution in [0.1, 0.15) is 25.4 Å². The molecule has 1 aromatic heterocycles. The van der Waals surface area contributed by atoms with E-state index in [-0.39, 0.29) is 0 Å². The van der Waals surface area contributed by atoms with Gasteiger partial charge in [-0.05, 0) is 50.1 Å². The summed E-state index contributed by atoms with van der Waals surface area (Å²) < 4.78 is 57.1. The number of hydrogen-bond acceptors (Lipinski definition) is 7. The summed E-state index contributed by atoms with van der Waals surface area (Å²) in [6.07, 6.45) is 0. The van der Waals surface area contributed by atoms with Crippen molar-refractivity contribution in [3.8, 4) is 22.6 Å². The SMILES string of the molecule is CCOc1cc(-c2ccc(OC)cc2)cc(=[O+]CC)c2c(C)oc(C)c12.[O-][Cl+3]([O-])([O-])[O-]. The van der Waals surface area contributed by atoms with E-state index in [0.717, 1.165) is 50.3 Å². The summed E-state index contributed by atoms with van der Waals surface area (Å²) >= 11 is 0. The van der Waals surface area contributed by atoms with E-state index in [1.54, 1.807) is 7.11 Å². The number of furan rings is 1. The highest BCUT2D eigenvalue weighted by atomic mass is 35.7. The van der Waals surface area contributed by atoms with Crippen LogP contribution in [0.3, 0.4) is 0 Å². The molecule has 9 heteroatoms.